The Bertz CT molecular complexity index is 344. The predicted molar refractivity (Wildman–Crippen MR) is 50.4 cm³/mol. The van der Waals surface area contributed by atoms with Crippen molar-refractivity contribution in [1.29, 1.82) is 0 Å². The molecule has 0 atom stereocenters. The zero-order chi connectivity index (χ0) is 9.47. The van der Waals surface area contributed by atoms with E-state index in [0.29, 0.717) is 11.5 Å². The van der Waals surface area contributed by atoms with Crippen LogP contribution in [0.25, 0.3) is 0 Å². The van der Waals surface area contributed by atoms with Gasteiger partial charge < -0.3 is 9.05 Å². The normalized spacial score (nSPS) is 17.8. The largest absolute Gasteiger partial charge is 0.433 e. The molecule has 0 saturated heterocycles. The molecule has 13 heavy (non-hydrogen) atoms. The van der Waals surface area contributed by atoms with E-state index in [1.165, 1.54) is 0 Å². The van der Waals surface area contributed by atoms with Crippen LogP contribution in [0.2, 0.25) is 0 Å². The fourth-order valence-corrected chi connectivity index (χ4v) is 2.41. The highest BCUT2D eigenvalue weighted by atomic mass is 31.2. The standard InChI is InChI=1S/C9H11O3P/c1-7(2)13(10)11-8-5-3-4-6-9(8)12-13/h3-7H,1-2H3. The van der Waals surface area contributed by atoms with Gasteiger partial charge in [0.2, 0.25) is 0 Å². The number of rotatable bonds is 1. The summed E-state index contributed by atoms with van der Waals surface area (Å²) in [6.07, 6.45) is 0. The van der Waals surface area contributed by atoms with Crippen LogP contribution in [0.4, 0.5) is 0 Å². The van der Waals surface area contributed by atoms with Crippen molar-refractivity contribution < 1.29 is 13.6 Å². The van der Waals surface area contributed by atoms with Gasteiger partial charge in [-0.2, -0.15) is 0 Å². The van der Waals surface area contributed by atoms with Crippen LogP contribution in [-0.4, -0.2) is 5.66 Å². The van der Waals surface area contributed by atoms with Crippen LogP contribution in [-0.2, 0) is 4.57 Å². The molecule has 0 aromatic heterocycles. The number of hydrogen-bond acceptors (Lipinski definition) is 3. The number of hydrogen-bond donors (Lipinski definition) is 0. The molecule has 1 aromatic rings. The Hall–Kier alpha value is -0.950. The van der Waals surface area contributed by atoms with E-state index >= 15 is 0 Å². The predicted octanol–water partition coefficient (Wildman–Crippen LogP) is 3.06. The van der Waals surface area contributed by atoms with E-state index in [9.17, 15) is 4.57 Å². The van der Waals surface area contributed by atoms with Gasteiger partial charge in [0.25, 0.3) is 0 Å². The molecule has 0 bridgehead atoms. The summed E-state index contributed by atoms with van der Waals surface area (Å²) in [4.78, 5) is 0. The van der Waals surface area contributed by atoms with Gasteiger partial charge in [0, 0.05) is 0 Å². The molecule has 0 saturated carbocycles. The monoisotopic (exact) mass is 198 g/mol. The lowest BCUT2D eigenvalue weighted by atomic mass is 10.3. The zero-order valence-corrected chi connectivity index (χ0v) is 8.45. The summed E-state index contributed by atoms with van der Waals surface area (Å²) in [5, 5.41) is 0. The summed E-state index contributed by atoms with van der Waals surface area (Å²) >= 11 is 0. The molecular formula is C9H11O3P. The third-order valence-corrected chi connectivity index (χ3v) is 4.10. The molecule has 2 rings (SSSR count). The van der Waals surface area contributed by atoms with E-state index < -0.39 is 7.60 Å². The van der Waals surface area contributed by atoms with Gasteiger partial charge in [-0.1, -0.05) is 12.1 Å². The Morgan fingerprint density at radius 1 is 1.15 bits per heavy atom. The first-order chi connectivity index (χ1) is 6.12. The second-order valence-corrected chi connectivity index (χ2v) is 5.74. The summed E-state index contributed by atoms with van der Waals surface area (Å²) < 4.78 is 22.5. The van der Waals surface area contributed by atoms with E-state index in [1.54, 1.807) is 12.1 Å². The first kappa shape index (κ1) is 8.64. The average molecular weight is 198 g/mol. The van der Waals surface area contributed by atoms with Crippen molar-refractivity contribution in [1.82, 2.24) is 0 Å². The average Bonchev–Trinajstić information content (AvgIpc) is 2.42. The number of benzene rings is 1. The maximum Gasteiger partial charge on any atom is 0.433 e. The summed E-state index contributed by atoms with van der Waals surface area (Å²) in [6.45, 7) is 3.65. The smallest absolute Gasteiger partial charge is 0.412 e. The lowest BCUT2D eigenvalue weighted by Crippen LogP contribution is -2.04. The minimum absolute atomic E-state index is 0.111. The molecule has 3 nitrogen and oxygen atoms in total. The van der Waals surface area contributed by atoms with E-state index in [1.807, 2.05) is 26.0 Å². The molecule has 0 aliphatic carbocycles. The maximum atomic E-state index is 11.9. The topological polar surface area (TPSA) is 35.5 Å². The molecular weight excluding hydrogens is 187 g/mol. The Kier molecular flexibility index (Phi) is 1.85. The summed E-state index contributed by atoms with van der Waals surface area (Å²) in [5.74, 6) is 1.17. The molecule has 0 radical (unpaired) electrons. The van der Waals surface area contributed by atoms with Crippen LogP contribution < -0.4 is 9.05 Å². The van der Waals surface area contributed by atoms with Gasteiger partial charge in [-0.15, -0.1) is 0 Å². The van der Waals surface area contributed by atoms with Crippen molar-refractivity contribution in [2.24, 2.45) is 0 Å². The van der Waals surface area contributed by atoms with Crippen molar-refractivity contribution in [3.05, 3.63) is 24.3 Å². The minimum atomic E-state index is -2.92. The number of para-hydroxylation sites is 2. The molecule has 4 heteroatoms. The van der Waals surface area contributed by atoms with Crippen molar-refractivity contribution in [2.75, 3.05) is 0 Å². The van der Waals surface area contributed by atoms with Crippen molar-refractivity contribution in [3.8, 4) is 11.5 Å². The second kappa shape index (κ2) is 2.78. The first-order valence-corrected chi connectivity index (χ1v) is 5.81. The third-order valence-electron chi connectivity index (χ3n) is 1.93. The zero-order valence-electron chi connectivity index (χ0n) is 7.56. The van der Waals surface area contributed by atoms with Crippen LogP contribution >= 0.6 is 7.60 Å². The Morgan fingerprint density at radius 2 is 1.62 bits per heavy atom. The molecule has 0 spiro atoms. The first-order valence-electron chi connectivity index (χ1n) is 4.20. The van der Waals surface area contributed by atoms with E-state index in [0.717, 1.165) is 0 Å². The van der Waals surface area contributed by atoms with Crippen molar-refractivity contribution in [2.45, 2.75) is 19.5 Å². The maximum absolute atomic E-state index is 11.9. The fourth-order valence-electron chi connectivity index (χ4n) is 1.10. The summed E-state index contributed by atoms with van der Waals surface area (Å²) in [5.41, 5.74) is -0.111. The number of fused-ring (bicyclic) bond motifs is 1. The van der Waals surface area contributed by atoms with Gasteiger partial charge in [-0.25, -0.2) is 4.57 Å². The highest BCUT2D eigenvalue weighted by Crippen LogP contribution is 2.60. The molecule has 1 heterocycles. The van der Waals surface area contributed by atoms with Gasteiger partial charge in [0.15, 0.2) is 11.5 Å². The third kappa shape index (κ3) is 1.33. The quantitative estimate of drug-likeness (QED) is 0.650. The van der Waals surface area contributed by atoms with Crippen LogP contribution in [0, 0.1) is 0 Å². The molecule has 1 aliphatic rings. The molecule has 0 unspecified atom stereocenters. The van der Waals surface area contributed by atoms with Crippen molar-refractivity contribution in [3.63, 3.8) is 0 Å². The molecule has 0 amide bonds. The lowest BCUT2D eigenvalue weighted by molar-refractivity contribution is 0.420. The van der Waals surface area contributed by atoms with Gasteiger partial charge >= 0.3 is 7.60 Å². The van der Waals surface area contributed by atoms with Crippen LogP contribution in [0.1, 0.15) is 13.8 Å². The summed E-state index contributed by atoms with van der Waals surface area (Å²) in [6, 6.07) is 7.19. The molecule has 0 fully saturated rings. The van der Waals surface area contributed by atoms with Gasteiger partial charge in [0.1, 0.15) is 0 Å². The van der Waals surface area contributed by atoms with Gasteiger partial charge in [0.05, 0.1) is 5.66 Å². The van der Waals surface area contributed by atoms with Crippen LogP contribution in [0.5, 0.6) is 11.5 Å². The van der Waals surface area contributed by atoms with Crippen molar-refractivity contribution >= 4 is 7.60 Å². The minimum Gasteiger partial charge on any atom is -0.412 e. The molecule has 70 valence electrons. The second-order valence-electron chi connectivity index (χ2n) is 3.26. The fraction of sp³-hybridized carbons (Fsp3) is 0.333. The van der Waals surface area contributed by atoms with E-state index in [2.05, 4.69) is 0 Å². The van der Waals surface area contributed by atoms with E-state index in [4.69, 9.17) is 9.05 Å². The summed E-state index contributed by atoms with van der Waals surface area (Å²) in [7, 11) is -2.92. The van der Waals surface area contributed by atoms with Crippen LogP contribution in [0.3, 0.4) is 0 Å². The van der Waals surface area contributed by atoms with Crippen LogP contribution in [0.15, 0.2) is 24.3 Å². The SMILES string of the molecule is CC(C)P1(=O)Oc2ccccc2O1. The highest BCUT2D eigenvalue weighted by molar-refractivity contribution is 7.55. The highest BCUT2D eigenvalue weighted by Gasteiger charge is 2.39. The lowest BCUT2D eigenvalue weighted by Gasteiger charge is -2.12. The van der Waals surface area contributed by atoms with E-state index in [-0.39, 0.29) is 5.66 Å². The van der Waals surface area contributed by atoms with Gasteiger partial charge in [-0.3, -0.25) is 0 Å². The Morgan fingerprint density at radius 3 is 2.00 bits per heavy atom. The molecule has 1 aliphatic heterocycles. The Balaban J connectivity index is 2.37. The van der Waals surface area contributed by atoms with Gasteiger partial charge in [-0.05, 0) is 26.0 Å². The molecule has 0 N–H and O–H groups in total. The molecule has 1 aromatic carbocycles. The Labute approximate surface area is 77.2 Å².